The van der Waals surface area contributed by atoms with E-state index in [1.54, 1.807) is 31.1 Å². The monoisotopic (exact) mass is 346 g/mol. The van der Waals surface area contributed by atoms with Gasteiger partial charge in [0.05, 0.1) is 31.0 Å². The molecule has 0 radical (unpaired) electrons. The smallest absolute Gasteiger partial charge is 0.276 e. The Balaban J connectivity index is 1.80. The van der Waals surface area contributed by atoms with Gasteiger partial charge in [0.25, 0.3) is 5.91 Å². The predicted molar refractivity (Wildman–Crippen MR) is 89.9 cm³/mol. The highest BCUT2D eigenvalue weighted by molar-refractivity contribution is 5.93. The van der Waals surface area contributed by atoms with Crippen LogP contribution in [0.4, 0.5) is 5.69 Å². The molecule has 0 saturated carbocycles. The fourth-order valence-corrected chi connectivity index (χ4v) is 2.92. The van der Waals surface area contributed by atoms with Crippen LogP contribution < -0.4 is 5.73 Å². The van der Waals surface area contributed by atoms with Crippen molar-refractivity contribution in [2.45, 2.75) is 26.6 Å². The Morgan fingerprint density at radius 1 is 1.44 bits per heavy atom. The number of rotatable bonds is 4. The number of hydrogen-bond donors (Lipinski definition) is 1. The number of aromatic nitrogens is 2. The van der Waals surface area contributed by atoms with Crippen molar-refractivity contribution in [2.24, 2.45) is 0 Å². The summed E-state index contributed by atoms with van der Waals surface area (Å²) in [5.74, 6) is 0.390. The van der Waals surface area contributed by atoms with Crippen LogP contribution in [0.1, 0.15) is 39.3 Å². The van der Waals surface area contributed by atoms with Crippen LogP contribution in [-0.4, -0.2) is 47.8 Å². The van der Waals surface area contributed by atoms with Gasteiger partial charge in [0, 0.05) is 25.0 Å². The van der Waals surface area contributed by atoms with Gasteiger partial charge in [0.2, 0.25) is 0 Å². The molecule has 1 amide bonds. The zero-order valence-corrected chi connectivity index (χ0v) is 14.6. The summed E-state index contributed by atoms with van der Waals surface area (Å²) in [6.07, 6.45) is -0.321. The number of ether oxygens (including phenoxy) is 2. The van der Waals surface area contributed by atoms with E-state index in [1.165, 1.54) is 0 Å². The molecule has 1 saturated heterocycles. The molecule has 2 aromatic rings. The van der Waals surface area contributed by atoms with Gasteiger partial charge < -0.3 is 24.6 Å². The molecule has 0 bridgehead atoms. The summed E-state index contributed by atoms with van der Waals surface area (Å²) in [6.45, 7) is 5.20. The average Bonchev–Trinajstić information content (AvgIpc) is 2.95. The van der Waals surface area contributed by atoms with E-state index in [2.05, 4.69) is 10.1 Å². The van der Waals surface area contributed by atoms with Crippen LogP contribution in [0.25, 0.3) is 0 Å². The number of amides is 1. The molecule has 8 heteroatoms. The first-order valence-corrected chi connectivity index (χ1v) is 8.08. The van der Waals surface area contributed by atoms with E-state index in [1.807, 2.05) is 6.92 Å². The Morgan fingerprint density at radius 2 is 2.24 bits per heavy atom. The van der Waals surface area contributed by atoms with Crippen molar-refractivity contribution in [3.05, 3.63) is 40.5 Å². The van der Waals surface area contributed by atoms with Crippen molar-refractivity contribution >= 4 is 11.6 Å². The van der Waals surface area contributed by atoms with Gasteiger partial charge in [-0.25, -0.2) is 0 Å². The van der Waals surface area contributed by atoms with Crippen LogP contribution in [0.3, 0.4) is 0 Å². The average molecular weight is 346 g/mol. The molecule has 1 fully saturated rings. The molecule has 1 aliphatic rings. The number of hydrogen-bond acceptors (Lipinski definition) is 7. The van der Waals surface area contributed by atoms with E-state index in [-0.39, 0.29) is 24.3 Å². The maximum Gasteiger partial charge on any atom is 0.276 e. The van der Waals surface area contributed by atoms with E-state index in [4.69, 9.17) is 19.7 Å². The summed E-state index contributed by atoms with van der Waals surface area (Å²) in [4.78, 5) is 19.0. The highest BCUT2D eigenvalue weighted by Gasteiger charge is 2.30. The lowest BCUT2D eigenvalue weighted by atomic mass is 10.1. The Labute approximate surface area is 145 Å². The Hall–Kier alpha value is -2.45. The third-order valence-corrected chi connectivity index (χ3v) is 4.16. The number of nitrogens with two attached hydrogens (primary N) is 1. The minimum absolute atomic E-state index is 0.196. The highest BCUT2D eigenvalue weighted by Crippen LogP contribution is 2.25. The summed E-state index contributed by atoms with van der Waals surface area (Å²) in [7, 11) is 1.57. The van der Waals surface area contributed by atoms with Crippen LogP contribution in [0.2, 0.25) is 0 Å². The Bertz CT molecular complexity index is 754. The second kappa shape index (κ2) is 7.20. The molecule has 1 atom stereocenters. The van der Waals surface area contributed by atoms with E-state index in [0.717, 1.165) is 11.4 Å². The minimum atomic E-state index is -0.321. The van der Waals surface area contributed by atoms with Crippen molar-refractivity contribution in [3.8, 4) is 0 Å². The second-order valence-electron chi connectivity index (χ2n) is 6.08. The first-order chi connectivity index (χ1) is 12.0. The molecule has 0 aliphatic carbocycles. The molecule has 0 aromatic carbocycles. The maximum absolute atomic E-state index is 12.9. The lowest BCUT2D eigenvalue weighted by Gasteiger charge is -2.32. The van der Waals surface area contributed by atoms with Crippen LogP contribution in [0.5, 0.6) is 0 Å². The molecular formula is C17H22N4O4. The lowest BCUT2D eigenvalue weighted by molar-refractivity contribution is -0.0251. The first-order valence-electron chi connectivity index (χ1n) is 8.08. The summed E-state index contributed by atoms with van der Waals surface area (Å²) in [5.41, 5.74) is 9.03. The van der Waals surface area contributed by atoms with Gasteiger partial charge in [0.1, 0.15) is 11.9 Å². The molecule has 0 spiro atoms. The number of aryl methyl sites for hydroxylation is 2. The molecular weight excluding hydrogens is 324 g/mol. The van der Waals surface area contributed by atoms with Gasteiger partial charge in [-0.2, -0.15) is 0 Å². The van der Waals surface area contributed by atoms with Gasteiger partial charge in [0.15, 0.2) is 5.69 Å². The zero-order valence-electron chi connectivity index (χ0n) is 14.6. The highest BCUT2D eigenvalue weighted by atomic mass is 16.5. The molecule has 1 aliphatic heterocycles. The molecule has 134 valence electrons. The third kappa shape index (κ3) is 3.64. The number of carbonyl (C=O) groups is 1. The van der Waals surface area contributed by atoms with E-state index < -0.39 is 0 Å². The molecule has 2 N–H and O–H groups in total. The summed E-state index contributed by atoms with van der Waals surface area (Å²) >= 11 is 0. The van der Waals surface area contributed by atoms with Crippen molar-refractivity contribution < 1.29 is 18.8 Å². The number of methoxy groups -OCH3 is 1. The van der Waals surface area contributed by atoms with Crippen molar-refractivity contribution in [1.82, 2.24) is 15.0 Å². The fourth-order valence-electron chi connectivity index (χ4n) is 2.92. The van der Waals surface area contributed by atoms with Crippen LogP contribution in [-0.2, 0) is 16.1 Å². The Morgan fingerprint density at radius 3 is 2.96 bits per heavy atom. The molecule has 8 nitrogen and oxygen atoms in total. The van der Waals surface area contributed by atoms with Gasteiger partial charge >= 0.3 is 0 Å². The van der Waals surface area contributed by atoms with E-state index in [9.17, 15) is 4.79 Å². The minimum Gasteiger partial charge on any atom is -0.399 e. The van der Waals surface area contributed by atoms with Crippen molar-refractivity contribution in [3.63, 3.8) is 0 Å². The Kier molecular flexibility index (Phi) is 5.00. The van der Waals surface area contributed by atoms with Crippen LogP contribution >= 0.6 is 0 Å². The molecule has 25 heavy (non-hydrogen) atoms. The van der Waals surface area contributed by atoms with E-state index in [0.29, 0.717) is 36.7 Å². The van der Waals surface area contributed by atoms with Gasteiger partial charge in [-0.1, -0.05) is 5.16 Å². The molecule has 3 rings (SSSR count). The number of anilines is 1. The maximum atomic E-state index is 12.9. The van der Waals surface area contributed by atoms with Crippen molar-refractivity contribution in [1.29, 1.82) is 0 Å². The van der Waals surface area contributed by atoms with Gasteiger partial charge in [-0.15, -0.1) is 0 Å². The van der Waals surface area contributed by atoms with Gasteiger partial charge in [-0.3, -0.25) is 9.78 Å². The number of carbonyl (C=O) groups excluding carboxylic acids is 1. The second-order valence-corrected chi connectivity index (χ2v) is 6.08. The van der Waals surface area contributed by atoms with Crippen LogP contribution in [0, 0.1) is 13.8 Å². The number of nitrogens with zero attached hydrogens (tertiary/aromatic N) is 3. The molecule has 1 unspecified atom stereocenters. The fraction of sp³-hybridized carbons (Fsp3) is 0.471. The number of pyridine rings is 1. The lowest BCUT2D eigenvalue weighted by Crippen LogP contribution is -2.43. The van der Waals surface area contributed by atoms with Crippen molar-refractivity contribution in [2.75, 3.05) is 32.5 Å². The number of nitrogen functional groups attached to an aromatic ring is 1. The zero-order chi connectivity index (χ0) is 18.0. The standard InChI is InChI=1S/C17H22N4O4/c1-10-6-12(18)7-14(19-10)15-8-21(4-5-24-15)17(22)16-13(9-23-3)11(2)25-20-16/h6-7,15H,4-5,8-9H2,1-3H3,(H2,18,19). The van der Waals surface area contributed by atoms with E-state index >= 15 is 0 Å². The molecule has 3 heterocycles. The predicted octanol–water partition coefficient (Wildman–Crippen LogP) is 1.63. The SMILES string of the molecule is COCc1c(C(=O)N2CCOC(c3cc(N)cc(C)n3)C2)noc1C. The summed E-state index contributed by atoms with van der Waals surface area (Å²) < 4.78 is 16.1. The van der Waals surface area contributed by atoms with Gasteiger partial charge in [-0.05, 0) is 26.0 Å². The topological polar surface area (TPSA) is 104 Å². The third-order valence-electron chi connectivity index (χ3n) is 4.16. The number of morpholine rings is 1. The first kappa shape index (κ1) is 17.4. The quantitative estimate of drug-likeness (QED) is 0.897. The van der Waals surface area contributed by atoms with Crippen LogP contribution in [0.15, 0.2) is 16.7 Å². The molecule has 2 aromatic heterocycles. The summed E-state index contributed by atoms with van der Waals surface area (Å²) in [6, 6.07) is 3.58. The summed E-state index contributed by atoms with van der Waals surface area (Å²) in [5, 5.41) is 3.91. The normalized spacial score (nSPS) is 17.7. The largest absolute Gasteiger partial charge is 0.399 e.